The molecule has 172 valence electrons. The summed E-state index contributed by atoms with van der Waals surface area (Å²) >= 11 is 0. The second-order valence-electron chi connectivity index (χ2n) is 7.28. The zero-order valence-electron chi connectivity index (χ0n) is 16.9. The first kappa shape index (κ1) is 23.5. The van der Waals surface area contributed by atoms with Gasteiger partial charge in [-0.25, -0.2) is 13.2 Å². The summed E-state index contributed by atoms with van der Waals surface area (Å²) in [4.78, 5) is 23.1. The largest absolute Gasteiger partial charge is 0.417 e. The van der Waals surface area contributed by atoms with Gasteiger partial charge in [0.1, 0.15) is 0 Å². The van der Waals surface area contributed by atoms with Crippen LogP contribution in [-0.4, -0.2) is 32.4 Å². The number of sulfonamides is 1. The Hall–Kier alpha value is -3.12. The van der Waals surface area contributed by atoms with Gasteiger partial charge in [0.25, 0.3) is 0 Å². The monoisotopic (exact) mass is 470 g/mol. The number of anilines is 2. The summed E-state index contributed by atoms with van der Waals surface area (Å²) in [5.41, 5.74) is -0.530. The van der Waals surface area contributed by atoms with Crippen LogP contribution in [0.4, 0.5) is 29.3 Å². The second kappa shape index (κ2) is 9.17. The Morgan fingerprint density at radius 1 is 0.969 bits per heavy atom. The highest BCUT2D eigenvalue weighted by atomic mass is 32.2. The third kappa shape index (κ3) is 6.20. The average molecular weight is 470 g/mol. The van der Waals surface area contributed by atoms with Crippen molar-refractivity contribution in [2.24, 2.45) is 0 Å². The molecule has 0 saturated heterocycles. The average Bonchev–Trinajstić information content (AvgIpc) is 3.52. The summed E-state index contributed by atoms with van der Waals surface area (Å²) in [6, 6.07) is 8.27. The maximum atomic E-state index is 13.1. The predicted molar refractivity (Wildman–Crippen MR) is 111 cm³/mol. The van der Waals surface area contributed by atoms with Crippen molar-refractivity contribution < 1.29 is 31.2 Å². The van der Waals surface area contributed by atoms with Gasteiger partial charge in [-0.05, 0) is 56.2 Å². The molecule has 12 heteroatoms. The van der Waals surface area contributed by atoms with E-state index in [9.17, 15) is 31.2 Å². The van der Waals surface area contributed by atoms with Crippen molar-refractivity contribution in [3.8, 4) is 0 Å². The van der Waals surface area contributed by atoms with Crippen molar-refractivity contribution in [3.63, 3.8) is 0 Å². The molecule has 32 heavy (non-hydrogen) atoms. The van der Waals surface area contributed by atoms with E-state index in [0.29, 0.717) is 17.4 Å². The highest BCUT2D eigenvalue weighted by molar-refractivity contribution is 7.89. The van der Waals surface area contributed by atoms with Crippen LogP contribution in [-0.2, 0) is 21.0 Å². The molecule has 3 rings (SSSR count). The standard InChI is InChI=1S/C20H21F3N4O4S/c1-12(27-32(30,31)17-5-3-2-4-16(17)20(21,22)23)18(28)24-13-6-8-14(9-7-13)25-19(29)26-15-10-11-15/h2-9,12,15,27H,10-11H2,1H3,(H,24,28)(H2,25,26,29)/t12-/m0/s1. The molecule has 8 nitrogen and oxygen atoms in total. The number of hydrogen-bond donors (Lipinski definition) is 4. The van der Waals surface area contributed by atoms with Crippen molar-refractivity contribution >= 4 is 33.3 Å². The van der Waals surface area contributed by atoms with Gasteiger partial charge in [-0.1, -0.05) is 12.1 Å². The molecule has 0 spiro atoms. The first-order valence-corrected chi connectivity index (χ1v) is 11.1. The quantitative estimate of drug-likeness (QED) is 0.497. The Kier molecular flexibility index (Phi) is 6.74. The van der Waals surface area contributed by atoms with Crippen LogP contribution in [0.1, 0.15) is 25.3 Å². The molecule has 1 aliphatic rings. The number of carbonyl (C=O) groups is 2. The molecule has 2 aromatic rings. The smallest absolute Gasteiger partial charge is 0.335 e. The van der Waals surface area contributed by atoms with Crippen molar-refractivity contribution in [3.05, 3.63) is 54.1 Å². The van der Waals surface area contributed by atoms with E-state index >= 15 is 0 Å². The van der Waals surface area contributed by atoms with Crippen molar-refractivity contribution in [1.29, 1.82) is 0 Å². The fourth-order valence-corrected chi connectivity index (χ4v) is 4.18. The number of carbonyl (C=O) groups excluding carboxylic acids is 2. The lowest BCUT2D eigenvalue weighted by atomic mass is 10.2. The molecule has 1 aliphatic carbocycles. The molecule has 0 aliphatic heterocycles. The van der Waals surface area contributed by atoms with Crippen LogP contribution >= 0.6 is 0 Å². The first-order valence-electron chi connectivity index (χ1n) is 9.63. The molecule has 0 heterocycles. The van der Waals surface area contributed by atoms with Crippen LogP contribution in [0.15, 0.2) is 53.4 Å². The number of amides is 3. The molecule has 0 unspecified atom stereocenters. The highest BCUT2D eigenvalue weighted by Crippen LogP contribution is 2.34. The number of hydrogen-bond acceptors (Lipinski definition) is 4. The van der Waals surface area contributed by atoms with Crippen LogP contribution in [0.5, 0.6) is 0 Å². The van der Waals surface area contributed by atoms with Crippen molar-refractivity contribution in [2.75, 3.05) is 10.6 Å². The molecular weight excluding hydrogens is 449 g/mol. The van der Waals surface area contributed by atoms with Gasteiger partial charge in [-0.2, -0.15) is 17.9 Å². The Bertz CT molecular complexity index is 1100. The number of nitrogens with one attached hydrogen (secondary N) is 4. The van der Waals surface area contributed by atoms with Gasteiger partial charge in [0.2, 0.25) is 15.9 Å². The zero-order chi connectivity index (χ0) is 23.5. The molecule has 2 aromatic carbocycles. The number of urea groups is 1. The van der Waals surface area contributed by atoms with Gasteiger partial charge in [-0.15, -0.1) is 0 Å². The molecule has 3 amide bonds. The fraction of sp³-hybridized carbons (Fsp3) is 0.300. The Morgan fingerprint density at radius 3 is 2.09 bits per heavy atom. The van der Waals surface area contributed by atoms with Crippen molar-refractivity contribution in [1.82, 2.24) is 10.0 Å². The van der Waals surface area contributed by atoms with E-state index < -0.39 is 38.6 Å². The summed E-state index contributed by atoms with van der Waals surface area (Å²) < 4.78 is 66.3. The minimum atomic E-state index is -4.87. The lowest BCUT2D eigenvalue weighted by Gasteiger charge is -2.17. The van der Waals surface area contributed by atoms with Crippen LogP contribution in [0.3, 0.4) is 0 Å². The van der Waals surface area contributed by atoms with Crippen molar-refractivity contribution in [2.45, 2.75) is 42.9 Å². The minimum Gasteiger partial charge on any atom is -0.335 e. The highest BCUT2D eigenvalue weighted by Gasteiger charge is 2.37. The van der Waals surface area contributed by atoms with E-state index in [1.54, 1.807) is 0 Å². The zero-order valence-corrected chi connectivity index (χ0v) is 17.7. The summed E-state index contributed by atoms with van der Waals surface area (Å²) in [6.07, 6.45) is -2.98. The number of alkyl halides is 3. The molecule has 0 bridgehead atoms. The first-order chi connectivity index (χ1) is 15.0. The lowest BCUT2D eigenvalue weighted by Crippen LogP contribution is -2.42. The van der Waals surface area contributed by atoms with E-state index in [0.717, 1.165) is 31.0 Å². The normalized spacial score (nSPS) is 15.0. The number of rotatable bonds is 7. The van der Waals surface area contributed by atoms with E-state index in [1.807, 2.05) is 4.72 Å². The summed E-state index contributed by atoms with van der Waals surface area (Å²) in [6.45, 7) is 1.21. The Labute approximate surface area is 182 Å². The Balaban J connectivity index is 1.61. The van der Waals surface area contributed by atoms with Crippen LogP contribution in [0.25, 0.3) is 0 Å². The fourth-order valence-electron chi connectivity index (χ4n) is 2.75. The molecule has 1 atom stereocenters. The van der Waals surface area contributed by atoms with Crippen LogP contribution in [0, 0.1) is 0 Å². The van der Waals surface area contributed by atoms with Gasteiger partial charge >= 0.3 is 12.2 Å². The molecule has 4 N–H and O–H groups in total. The van der Waals surface area contributed by atoms with Gasteiger partial charge in [0.15, 0.2) is 0 Å². The number of halogens is 3. The van der Waals surface area contributed by atoms with Gasteiger partial charge in [0, 0.05) is 17.4 Å². The lowest BCUT2D eigenvalue weighted by molar-refractivity contribution is -0.139. The summed E-state index contributed by atoms with van der Waals surface area (Å²) in [7, 11) is -4.62. The minimum absolute atomic E-state index is 0.196. The van der Waals surface area contributed by atoms with Crippen LogP contribution < -0.4 is 20.7 Å². The third-order valence-electron chi connectivity index (χ3n) is 4.53. The molecule has 1 fully saturated rings. The summed E-state index contributed by atoms with van der Waals surface area (Å²) in [5, 5.41) is 7.86. The number of benzene rings is 2. The van der Waals surface area contributed by atoms with E-state index in [1.165, 1.54) is 31.2 Å². The predicted octanol–water partition coefficient (Wildman–Crippen LogP) is 3.29. The molecule has 0 aromatic heterocycles. The topological polar surface area (TPSA) is 116 Å². The van der Waals surface area contributed by atoms with Crippen LogP contribution in [0.2, 0.25) is 0 Å². The van der Waals surface area contributed by atoms with Gasteiger partial charge in [-0.3, -0.25) is 4.79 Å². The third-order valence-corrected chi connectivity index (χ3v) is 6.13. The van der Waals surface area contributed by atoms with E-state index in [4.69, 9.17) is 0 Å². The molecule has 0 radical (unpaired) electrons. The maximum Gasteiger partial charge on any atom is 0.417 e. The maximum absolute atomic E-state index is 13.1. The summed E-state index contributed by atoms with van der Waals surface area (Å²) in [5.74, 6) is -0.773. The van der Waals surface area contributed by atoms with Gasteiger partial charge < -0.3 is 16.0 Å². The molecule has 1 saturated carbocycles. The molecular formula is C20H21F3N4O4S. The van der Waals surface area contributed by atoms with Gasteiger partial charge in [0.05, 0.1) is 16.5 Å². The second-order valence-corrected chi connectivity index (χ2v) is 8.96. The van der Waals surface area contributed by atoms with E-state index in [2.05, 4.69) is 16.0 Å². The van der Waals surface area contributed by atoms with E-state index in [-0.39, 0.29) is 12.1 Å². The Morgan fingerprint density at radius 2 is 1.53 bits per heavy atom. The SMILES string of the molecule is C[C@H](NS(=O)(=O)c1ccccc1C(F)(F)F)C(=O)Nc1ccc(NC(=O)NC2CC2)cc1.